The minimum Gasteiger partial charge on any atom is -0.378 e. The average molecular weight is 497 g/mol. The molecule has 0 spiro atoms. The number of sulfone groups is 1. The van der Waals surface area contributed by atoms with Crippen molar-refractivity contribution in [3.05, 3.63) is 53.9 Å². The number of amides is 1. The van der Waals surface area contributed by atoms with E-state index in [0.29, 0.717) is 48.8 Å². The molecule has 0 saturated carbocycles. The first-order valence-corrected chi connectivity index (χ1v) is 13.2. The molecule has 0 bridgehead atoms. The first-order chi connectivity index (χ1) is 16.8. The molecule has 1 saturated heterocycles. The number of nitrogens with one attached hydrogen (secondary N) is 1. The van der Waals surface area contributed by atoms with Crippen LogP contribution in [0.1, 0.15) is 16.1 Å². The smallest absolute Gasteiger partial charge is 0.274 e. The molecule has 2 aliphatic heterocycles. The molecule has 5 rings (SSSR count). The number of fused-ring (bicyclic) bond motifs is 3. The van der Waals surface area contributed by atoms with Gasteiger partial charge in [0.1, 0.15) is 5.82 Å². The lowest BCUT2D eigenvalue weighted by Crippen LogP contribution is -2.41. The van der Waals surface area contributed by atoms with Gasteiger partial charge in [0.15, 0.2) is 15.5 Å². The number of anilines is 1. The number of morpholine rings is 1. The van der Waals surface area contributed by atoms with Crippen molar-refractivity contribution in [2.45, 2.75) is 10.6 Å². The van der Waals surface area contributed by atoms with Crippen molar-refractivity contribution in [2.24, 2.45) is 0 Å². The molecule has 0 atom stereocenters. The molecule has 2 aliphatic rings. The summed E-state index contributed by atoms with van der Waals surface area (Å²) < 4.78 is 33.3. The zero-order valence-electron chi connectivity index (χ0n) is 19.8. The number of benzene rings is 1. The third-order valence-corrected chi connectivity index (χ3v) is 7.85. The maximum Gasteiger partial charge on any atom is 0.274 e. The average Bonchev–Trinajstić information content (AvgIpc) is 3.23. The van der Waals surface area contributed by atoms with Crippen molar-refractivity contribution in [1.82, 2.24) is 24.6 Å². The predicted octanol–water partition coefficient (Wildman–Crippen LogP) is 1.67. The van der Waals surface area contributed by atoms with Crippen LogP contribution in [0.5, 0.6) is 0 Å². The highest BCUT2D eigenvalue weighted by atomic mass is 32.2. The molecule has 1 fully saturated rings. The molecule has 0 aliphatic carbocycles. The van der Waals surface area contributed by atoms with Gasteiger partial charge in [0.05, 0.1) is 41.4 Å². The van der Waals surface area contributed by atoms with E-state index in [1.807, 2.05) is 26.2 Å². The summed E-state index contributed by atoms with van der Waals surface area (Å²) in [5.41, 5.74) is 2.38. The number of carbonyl (C=O) groups excluding carboxylic acids is 1. The zero-order valence-corrected chi connectivity index (χ0v) is 20.6. The van der Waals surface area contributed by atoms with Crippen LogP contribution in [-0.4, -0.2) is 92.4 Å². The molecule has 11 heteroatoms. The molecule has 0 unspecified atom stereocenters. The van der Waals surface area contributed by atoms with Gasteiger partial charge < -0.3 is 19.9 Å². The summed E-state index contributed by atoms with van der Waals surface area (Å²) in [5, 5.41) is 7.95. The highest BCUT2D eigenvalue weighted by Crippen LogP contribution is 2.40. The molecule has 2 aromatic heterocycles. The normalized spacial score (nSPS) is 16.6. The maximum absolute atomic E-state index is 13.4. The van der Waals surface area contributed by atoms with E-state index in [-0.39, 0.29) is 22.2 Å². The maximum atomic E-state index is 13.4. The van der Waals surface area contributed by atoms with Crippen LogP contribution in [0.3, 0.4) is 0 Å². The molecule has 35 heavy (non-hydrogen) atoms. The van der Waals surface area contributed by atoms with Crippen molar-refractivity contribution >= 4 is 21.6 Å². The first-order valence-electron chi connectivity index (χ1n) is 11.5. The molecule has 1 N–H and O–H groups in total. The second-order valence-corrected chi connectivity index (χ2v) is 10.8. The van der Waals surface area contributed by atoms with E-state index in [1.165, 1.54) is 0 Å². The highest BCUT2D eigenvalue weighted by Gasteiger charge is 2.37. The van der Waals surface area contributed by atoms with Crippen LogP contribution >= 0.6 is 0 Å². The van der Waals surface area contributed by atoms with Gasteiger partial charge in [-0.05, 0) is 32.3 Å². The Balaban J connectivity index is 1.59. The Morgan fingerprint density at radius 2 is 1.91 bits per heavy atom. The van der Waals surface area contributed by atoms with Crippen LogP contribution in [0.4, 0.5) is 5.82 Å². The van der Waals surface area contributed by atoms with Crippen molar-refractivity contribution in [2.75, 3.05) is 58.8 Å². The molecule has 10 nitrogen and oxygen atoms in total. The summed E-state index contributed by atoms with van der Waals surface area (Å²) in [4.78, 5) is 21.9. The van der Waals surface area contributed by atoms with Crippen molar-refractivity contribution in [3.63, 3.8) is 0 Å². The summed E-state index contributed by atoms with van der Waals surface area (Å²) in [6.45, 7) is 3.40. The molecular formula is C24H28N6O4S. The van der Waals surface area contributed by atoms with Gasteiger partial charge in [-0.2, -0.15) is 5.10 Å². The minimum absolute atomic E-state index is 0.160. The second kappa shape index (κ2) is 9.40. The number of rotatable bonds is 6. The molecule has 184 valence electrons. The van der Waals surface area contributed by atoms with Crippen LogP contribution < -0.4 is 5.32 Å². The van der Waals surface area contributed by atoms with Gasteiger partial charge in [0, 0.05) is 37.3 Å². The molecule has 0 radical (unpaired) electrons. The SMILES string of the molecule is CN(C)CCNc1ccc(-n2nc(C(=O)N3CCOCC3)c3c2-c2ccccc2S(=O)(=O)C3)cn1. The fourth-order valence-corrected chi connectivity index (χ4v) is 5.96. The fraction of sp³-hybridized carbons (Fsp3) is 0.375. The largest absolute Gasteiger partial charge is 0.378 e. The van der Waals surface area contributed by atoms with Crippen molar-refractivity contribution in [3.8, 4) is 16.9 Å². The van der Waals surface area contributed by atoms with Crippen LogP contribution in [0.25, 0.3) is 16.9 Å². The standard InChI is InChI=1S/C24H28N6O4S/c1-28(2)10-9-25-21-8-7-17(15-26-21)30-23-18-5-3-4-6-20(18)35(32,33)16-19(23)22(27-30)24(31)29-11-13-34-14-12-29/h3-8,15H,9-14,16H2,1-2H3,(H,25,26). The van der Waals surface area contributed by atoms with Crippen LogP contribution in [-0.2, 0) is 20.3 Å². The molecule has 4 heterocycles. The minimum atomic E-state index is -3.61. The zero-order chi connectivity index (χ0) is 24.6. The molecule has 3 aromatic rings. The Morgan fingerprint density at radius 3 is 2.63 bits per heavy atom. The van der Waals surface area contributed by atoms with Crippen LogP contribution in [0.15, 0.2) is 47.5 Å². The van der Waals surface area contributed by atoms with E-state index < -0.39 is 9.84 Å². The number of nitrogens with zero attached hydrogens (tertiary/aromatic N) is 5. The molecule has 1 aromatic carbocycles. The summed E-state index contributed by atoms with van der Waals surface area (Å²) in [6, 6.07) is 10.6. The van der Waals surface area contributed by atoms with Gasteiger partial charge in [-0.25, -0.2) is 18.1 Å². The number of aromatic nitrogens is 3. The van der Waals surface area contributed by atoms with Gasteiger partial charge in [0.2, 0.25) is 0 Å². The monoisotopic (exact) mass is 496 g/mol. The van der Waals surface area contributed by atoms with Gasteiger partial charge in [-0.1, -0.05) is 18.2 Å². The lowest BCUT2D eigenvalue weighted by atomic mass is 10.0. The first kappa shape index (κ1) is 23.5. The Kier molecular flexibility index (Phi) is 6.30. The quantitative estimate of drug-likeness (QED) is 0.549. The van der Waals surface area contributed by atoms with Gasteiger partial charge in [0.25, 0.3) is 5.91 Å². The van der Waals surface area contributed by atoms with E-state index in [0.717, 1.165) is 18.9 Å². The topological polar surface area (TPSA) is 110 Å². The van der Waals surface area contributed by atoms with E-state index in [9.17, 15) is 13.2 Å². The highest BCUT2D eigenvalue weighted by molar-refractivity contribution is 7.90. The Morgan fingerprint density at radius 1 is 1.14 bits per heavy atom. The van der Waals surface area contributed by atoms with E-state index in [4.69, 9.17) is 4.74 Å². The number of likely N-dealkylation sites (N-methyl/N-ethyl adjacent to an activating group) is 1. The van der Waals surface area contributed by atoms with Crippen LogP contribution in [0.2, 0.25) is 0 Å². The van der Waals surface area contributed by atoms with E-state index in [2.05, 4.69) is 20.3 Å². The number of ether oxygens (including phenoxy) is 1. The predicted molar refractivity (Wildman–Crippen MR) is 131 cm³/mol. The Bertz CT molecular complexity index is 1340. The summed E-state index contributed by atoms with van der Waals surface area (Å²) in [6.07, 6.45) is 1.68. The molecular weight excluding hydrogens is 468 g/mol. The van der Waals surface area contributed by atoms with Crippen molar-refractivity contribution < 1.29 is 17.9 Å². The van der Waals surface area contributed by atoms with Crippen LogP contribution in [0, 0.1) is 0 Å². The third-order valence-electron chi connectivity index (χ3n) is 6.15. The Labute approximate surface area is 204 Å². The van der Waals surface area contributed by atoms with Gasteiger partial charge in [-0.3, -0.25) is 4.79 Å². The second-order valence-electron chi connectivity index (χ2n) is 8.88. The Hall–Kier alpha value is -3.28. The fourth-order valence-electron chi connectivity index (χ4n) is 4.36. The summed E-state index contributed by atoms with van der Waals surface area (Å²) in [7, 11) is 0.400. The van der Waals surface area contributed by atoms with E-state index >= 15 is 0 Å². The number of pyridine rings is 1. The van der Waals surface area contributed by atoms with Crippen molar-refractivity contribution in [1.29, 1.82) is 0 Å². The number of hydrogen-bond donors (Lipinski definition) is 1. The van der Waals surface area contributed by atoms with E-state index in [1.54, 1.807) is 40.0 Å². The van der Waals surface area contributed by atoms with Gasteiger partial charge >= 0.3 is 0 Å². The third kappa shape index (κ3) is 4.54. The summed E-state index contributed by atoms with van der Waals surface area (Å²) in [5.74, 6) is 0.166. The lowest BCUT2D eigenvalue weighted by Gasteiger charge is -2.26. The lowest BCUT2D eigenvalue weighted by molar-refractivity contribution is 0.0298. The summed E-state index contributed by atoms with van der Waals surface area (Å²) >= 11 is 0. The molecule has 1 amide bonds. The number of hydrogen-bond acceptors (Lipinski definition) is 8. The number of carbonyl (C=O) groups is 1. The van der Waals surface area contributed by atoms with Gasteiger partial charge in [-0.15, -0.1) is 0 Å².